The molecule has 12 heteroatoms. The molecule has 162 valence electrons. The number of rotatable bonds is 7. The van der Waals surface area contributed by atoms with Crippen LogP contribution in [0.25, 0.3) is 10.2 Å². The van der Waals surface area contributed by atoms with E-state index in [1.54, 1.807) is 12.1 Å². The molecule has 1 amide bonds. The number of amides is 1. The standard InChI is InChI=1S/C19H18ClN5O5S/c1-11-6-13(20)9-16-17(11)21-19(31-16)23(5-4-22(2)3)18(26)12-7-14(24(27)28)10-15(8-12)25(29)30/h6-10H,4-5H2,1-3H3. The summed E-state index contributed by atoms with van der Waals surface area (Å²) in [6, 6.07) is 6.41. The molecule has 2 aromatic carbocycles. The van der Waals surface area contributed by atoms with Gasteiger partial charge in [-0.3, -0.25) is 29.9 Å². The number of carbonyl (C=O) groups excluding carboxylic acids is 1. The first-order valence-electron chi connectivity index (χ1n) is 9.04. The second kappa shape index (κ2) is 8.92. The van der Waals surface area contributed by atoms with Crippen molar-refractivity contribution in [3.05, 3.63) is 66.7 Å². The number of nitro benzene ring substituents is 2. The lowest BCUT2D eigenvalue weighted by atomic mass is 10.1. The van der Waals surface area contributed by atoms with Gasteiger partial charge in [-0.25, -0.2) is 4.98 Å². The van der Waals surface area contributed by atoms with Crippen LogP contribution in [-0.4, -0.2) is 52.8 Å². The number of halogens is 1. The molecule has 0 N–H and O–H groups in total. The van der Waals surface area contributed by atoms with Crippen LogP contribution in [0, 0.1) is 27.2 Å². The second-order valence-corrected chi connectivity index (χ2v) is 8.52. The lowest BCUT2D eigenvalue weighted by molar-refractivity contribution is -0.394. The quantitative estimate of drug-likeness (QED) is 0.378. The molecule has 0 fully saturated rings. The maximum absolute atomic E-state index is 13.3. The molecule has 0 unspecified atom stereocenters. The Bertz CT molecular complexity index is 1160. The summed E-state index contributed by atoms with van der Waals surface area (Å²) in [7, 11) is 3.67. The Labute approximate surface area is 186 Å². The van der Waals surface area contributed by atoms with Crippen molar-refractivity contribution in [1.82, 2.24) is 9.88 Å². The topological polar surface area (TPSA) is 123 Å². The molecule has 0 aliphatic heterocycles. The minimum Gasteiger partial charge on any atom is -0.308 e. The van der Waals surface area contributed by atoms with Gasteiger partial charge in [-0.2, -0.15) is 0 Å². The average Bonchev–Trinajstić information content (AvgIpc) is 3.11. The Hall–Kier alpha value is -3.15. The summed E-state index contributed by atoms with van der Waals surface area (Å²) in [6.07, 6.45) is 0. The first-order chi connectivity index (χ1) is 14.6. The number of hydrogen-bond acceptors (Lipinski definition) is 8. The second-order valence-electron chi connectivity index (χ2n) is 7.08. The highest BCUT2D eigenvalue weighted by atomic mass is 35.5. The van der Waals surface area contributed by atoms with Crippen LogP contribution in [0.1, 0.15) is 15.9 Å². The van der Waals surface area contributed by atoms with Crippen molar-refractivity contribution in [2.45, 2.75) is 6.92 Å². The first kappa shape index (κ1) is 22.5. The molecular weight excluding hydrogens is 446 g/mol. The van der Waals surface area contributed by atoms with E-state index in [1.807, 2.05) is 25.9 Å². The van der Waals surface area contributed by atoms with E-state index < -0.39 is 27.1 Å². The van der Waals surface area contributed by atoms with Gasteiger partial charge in [0.1, 0.15) is 0 Å². The zero-order chi connectivity index (χ0) is 22.9. The molecule has 0 saturated heterocycles. The van der Waals surface area contributed by atoms with Crippen LogP contribution in [0.2, 0.25) is 5.02 Å². The Balaban J connectivity index is 2.11. The maximum Gasteiger partial charge on any atom is 0.277 e. The highest BCUT2D eigenvalue weighted by Gasteiger charge is 2.26. The van der Waals surface area contributed by atoms with Crippen LogP contribution in [0.3, 0.4) is 0 Å². The number of carbonyl (C=O) groups is 1. The minimum absolute atomic E-state index is 0.159. The van der Waals surface area contributed by atoms with Gasteiger partial charge in [0.15, 0.2) is 5.13 Å². The Morgan fingerprint density at radius 3 is 2.23 bits per heavy atom. The fraction of sp³-hybridized carbons (Fsp3) is 0.263. The lowest BCUT2D eigenvalue weighted by Crippen LogP contribution is -2.36. The lowest BCUT2D eigenvalue weighted by Gasteiger charge is -2.22. The van der Waals surface area contributed by atoms with E-state index in [2.05, 4.69) is 4.98 Å². The predicted octanol–water partition coefficient (Wildman–Crippen LogP) is 4.28. The summed E-state index contributed by atoms with van der Waals surface area (Å²) >= 11 is 7.38. The van der Waals surface area contributed by atoms with E-state index >= 15 is 0 Å². The number of nitro groups is 2. The number of benzene rings is 2. The van der Waals surface area contributed by atoms with E-state index in [0.717, 1.165) is 28.5 Å². The summed E-state index contributed by atoms with van der Waals surface area (Å²) in [5.74, 6) is -0.614. The molecule has 3 rings (SSSR count). The third kappa shape index (κ3) is 4.95. The van der Waals surface area contributed by atoms with Crippen molar-refractivity contribution in [1.29, 1.82) is 0 Å². The molecule has 0 atom stereocenters. The van der Waals surface area contributed by atoms with Gasteiger partial charge in [0, 0.05) is 30.2 Å². The fourth-order valence-corrected chi connectivity index (χ4v) is 4.37. The van der Waals surface area contributed by atoms with E-state index in [4.69, 9.17) is 11.6 Å². The van der Waals surface area contributed by atoms with Crippen LogP contribution in [0.4, 0.5) is 16.5 Å². The molecule has 0 aliphatic carbocycles. The van der Waals surface area contributed by atoms with Crippen LogP contribution < -0.4 is 4.90 Å². The van der Waals surface area contributed by atoms with Crippen molar-refractivity contribution < 1.29 is 14.6 Å². The normalized spacial score (nSPS) is 11.1. The fourth-order valence-electron chi connectivity index (χ4n) is 2.93. The third-order valence-corrected chi connectivity index (χ3v) is 5.70. The van der Waals surface area contributed by atoms with Crippen LogP contribution >= 0.6 is 22.9 Å². The smallest absolute Gasteiger partial charge is 0.277 e. The van der Waals surface area contributed by atoms with Gasteiger partial charge in [0.25, 0.3) is 17.3 Å². The molecule has 0 bridgehead atoms. The number of aromatic nitrogens is 1. The van der Waals surface area contributed by atoms with Gasteiger partial charge in [-0.05, 0) is 38.7 Å². The molecule has 0 spiro atoms. The summed E-state index contributed by atoms with van der Waals surface area (Å²) in [6.45, 7) is 2.57. The van der Waals surface area contributed by atoms with E-state index in [0.29, 0.717) is 22.2 Å². The van der Waals surface area contributed by atoms with Crippen LogP contribution in [0.5, 0.6) is 0 Å². The summed E-state index contributed by atoms with van der Waals surface area (Å²) in [5.41, 5.74) is 0.316. The largest absolute Gasteiger partial charge is 0.308 e. The Morgan fingerprint density at radius 1 is 1.06 bits per heavy atom. The summed E-state index contributed by atoms with van der Waals surface area (Å²) < 4.78 is 0.785. The number of nitrogens with zero attached hydrogens (tertiary/aromatic N) is 5. The number of thiazole rings is 1. The molecule has 10 nitrogen and oxygen atoms in total. The van der Waals surface area contributed by atoms with Gasteiger partial charge >= 0.3 is 0 Å². The van der Waals surface area contributed by atoms with Crippen LogP contribution in [0.15, 0.2) is 30.3 Å². The molecule has 31 heavy (non-hydrogen) atoms. The molecule has 0 saturated carbocycles. The van der Waals surface area contributed by atoms with Crippen LogP contribution in [-0.2, 0) is 0 Å². The number of non-ortho nitro benzene ring substituents is 2. The average molecular weight is 464 g/mol. The number of fused-ring (bicyclic) bond motifs is 1. The van der Waals surface area contributed by atoms with Crippen molar-refractivity contribution >= 4 is 55.6 Å². The minimum atomic E-state index is -0.767. The molecular formula is C19H18ClN5O5S. The van der Waals surface area contributed by atoms with Gasteiger partial charge in [-0.15, -0.1) is 0 Å². The number of hydrogen-bond donors (Lipinski definition) is 0. The highest BCUT2D eigenvalue weighted by Crippen LogP contribution is 2.34. The van der Waals surface area contributed by atoms with Gasteiger partial charge in [0.05, 0.1) is 31.7 Å². The van der Waals surface area contributed by atoms with E-state index in [1.165, 1.54) is 16.2 Å². The molecule has 0 aliphatic rings. The monoisotopic (exact) mass is 463 g/mol. The Kier molecular flexibility index (Phi) is 6.48. The Morgan fingerprint density at radius 2 is 1.68 bits per heavy atom. The number of aryl methyl sites for hydroxylation is 1. The van der Waals surface area contributed by atoms with E-state index in [-0.39, 0.29) is 12.1 Å². The van der Waals surface area contributed by atoms with Crippen molar-refractivity contribution in [2.75, 3.05) is 32.1 Å². The number of likely N-dealkylation sites (N-methyl/N-ethyl adjacent to an activating group) is 1. The summed E-state index contributed by atoms with van der Waals surface area (Å²) in [4.78, 5) is 42.1. The van der Waals surface area contributed by atoms with Gasteiger partial charge in [-0.1, -0.05) is 22.9 Å². The first-order valence-corrected chi connectivity index (χ1v) is 10.2. The zero-order valence-corrected chi connectivity index (χ0v) is 18.4. The summed E-state index contributed by atoms with van der Waals surface area (Å²) in [5, 5.41) is 23.4. The highest BCUT2D eigenvalue weighted by molar-refractivity contribution is 7.22. The maximum atomic E-state index is 13.3. The zero-order valence-electron chi connectivity index (χ0n) is 16.9. The van der Waals surface area contributed by atoms with Crippen molar-refractivity contribution in [2.24, 2.45) is 0 Å². The molecule has 3 aromatic rings. The molecule has 0 radical (unpaired) electrons. The SMILES string of the molecule is Cc1cc(Cl)cc2sc(N(CCN(C)C)C(=O)c3cc([N+](=O)[O-])cc([N+](=O)[O-])c3)nc12. The van der Waals surface area contributed by atoms with E-state index in [9.17, 15) is 25.0 Å². The van der Waals surface area contributed by atoms with Gasteiger partial charge in [0.2, 0.25) is 0 Å². The molecule has 1 aromatic heterocycles. The van der Waals surface area contributed by atoms with Gasteiger partial charge < -0.3 is 4.90 Å². The van der Waals surface area contributed by atoms with Crippen molar-refractivity contribution in [3.63, 3.8) is 0 Å². The van der Waals surface area contributed by atoms with Crippen molar-refractivity contribution in [3.8, 4) is 0 Å². The predicted molar refractivity (Wildman–Crippen MR) is 119 cm³/mol. The number of anilines is 1. The third-order valence-electron chi connectivity index (χ3n) is 4.46. The molecule has 1 heterocycles.